The van der Waals surface area contributed by atoms with Crippen LogP contribution in [0.4, 0.5) is 5.69 Å². The molecule has 1 atom stereocenters. The number of aldehydes is 1. The number of fused-ring (bicyclic) bond motifs is 1. The van der Waals surface area contributed by atoms with E-state index in [4.69, 9.17) is 4.74 Å². The normalized spacial score (nSPS) is 21.4. The third kappa shape index (κ3) is 1.88. The Morgan fingerprint density at radius 1 is 1.44 bits per heavy atom. The molecule has 0 fully saturated rings. The SMILES string of the molecule is COc1cc2c(cc1C=O)[C@@H](C)CC(C)(C)N2C. The van der Waals surface area contributed by atoms with Crippen LogP contribution in [0.5, 0.6) is 5.75 Å². The highest BCUT2D eigenvalue weighted by Gasteiger charge is 2.34. The van der Waals surface area contributed by atoms with Crippen molar-refractivity contribution in [2.24, 2.45) is 0 Å². The standard InChI is InChI=1S/C15H21NO2/c1-10-8-15(2,3)16(4)13-7-14(18-5)11(9-17)6-12(10)13/h6-7,9-10H,8H2,1-5H3/t10-/m0/s1. The van der Waals surface area contributed by atoms with Crippen LogP contribution in [0.1, 0.15) is 49.0 Å². The van der Waals surface area contributed by atoms with Crippen molar-refractivity contribution >= 4 is 12.0 Å². The first-order chi connectivity index (χ1) is 8.40. The Hall–Kier alpha value is -1.51. The third-order valence-corrected chi connectivity index (χ3v) is 4.11. The van der Waals surface area contributed by atoms with Crippen molar-refractivity contribution in [3.05, 3.63) is 23.3 Å². The van der Waals surface area contributed by atoms with Gasteiger partial charge in [0.15, 0.2) is 6.29 Å². The minimum absolute atomic E-state index is 0.125. The molecule has 0 radical (unpaired) electrons. The van der Waals surface area contributed by atoms with Crippen molar-refractivity contribution in [3.63, 3.8) is 0 Å². The number of ether oxygens (including phenoxy) is 1. The number of nitrogens with zero attached hydrogens (tertiary/aromatic N) is 1. The van der Waals surface area contributed by atoms with Gasteiger partial charge in [-0.15, -0.1) is 0 Å². The van der Waals surface area contributed by atoms with E-state index < -0.39 is 0 Å². The number of methoxy groups -OCH3 is 1. The minimum Gasteiger partial charge on any atom is -0.496 e. The van der Waals surface area contributed by atoms with Gasteiger partial charge in [0.2, 0.25) is 0 Å². The van der Waals surface area contributed by atoms with E-state index in [1.807, 2.05) is 12.1 Å². The summed E-state index contributed by atoms with van der Waals surface area (Å²) in [6.45, 7) is 6.70. The van der Waals surface area contributed by atoms with E-state index in [9.17, 15) is 4.79 Å². The lowest BCUT2D eigenvalue weighted by molar-refractivity contribution is 0.112. The van der Waals surface area contributed by atoms with Crippen LogP contribution in [-0.2, 0) is 0 Å². The van der Waals surface area contributed by atoms with Crippen LogP contribution in [-0.4, -0.2) is 26.0 Å². The monoisotopic (exact) mass is 247 g/mol. The lowest BCUT2D eigenvalue weighted by Crippen LogP contribution is -2.45. The molecule has 0 saturated heterocycles. The predicted octanol–water partition coefficient (Wildman–Crippen LogP) is 3.23. The van der Waals surface area contributed by atoms with Crippen molar-refractivity contribution in [2.45, 2.75) is 38.6 Å². The third-order valence-electron chi connectivity index (χ3n) is 4.11. The molecule has 1 aliphatic heterocycles. The number of carbonyl (C=O) groups is 1. The van der Waals surface area contributed by atoms with Crippen molar-refractivity contribution < 1.29 is 9.53 Å². The Kier molecular flexibility index (Phi) is 3.09. The molecule has 0 aromatic heterocycles. The van der Waals surface area contributed by atoms with Crippen LogP contribution in [0.15, 0.2) is 12.1 Å². The fraction of sp³-hybridized carbons (Fsp3) is 0.533. The molecule has 3 nitrogen and oxygen atoms in total. The Morgan fingerprint density at radius 3 is 2.67 bits per heavy atom. The average molecular weight is 247 g/mol. The zero-order valence-corrected chi connectivity index (χ0v) is 11.8. The topological polar surface area (TPSA) is 29.5 Å². The Bertz CT molecular complexity index is 480. The smallest absolute Gasteiger partial charge is 0.153 e. The fourth-order valence-electron chi connectivity index (χ4n) is 2.88. The quantitative estimate of drug-likeness (QED) is 0.751. The van der Waals surface area contributed by atoms with E-state index in [0.29, 0.717) is 17.2 Å². The van der Waals surface area contributed by atoms with Crippen molar-refractivity contribution in [3.8, 4) is 5.75 Å². The van der Waals surface area contributed by atoms with Gasteiger partial charge in [-0.05, 0) is 37.8 Å². The second kappa shape index (κ2) is 4.30. The van der Waals surface area contributed by atoms with Gasteiger partial charge in [0.05, 0.1) is 12.7 Å². The molecule has 1 aromatic rings. The lowest BCUT2D eigenvalue weighted by atomic mass is 9.80. The van der Waals surface area contributed by atoms with E-state index in [1.165, 1.54) is 11.3 Å². The van der Waals surface area contributed by atoms with E-state index >= 15 is 0 Å². The maximum Gasteiger partial charge on any atom is 0.153 e. The molecule has 0 amide bonds. The maximum absolute atomic E-state index is 11.1. The zero-order valence-electron chi connectivity index (χ0n) is 11.8. The summed E-state index contributed by atoms with van der Waals surface area (Å²) < 4.78 is 5.30. The molecule has 3 heteroatoms. The zero-order chi connectivity index (χ0) is 13.5. The first-order valence-corrected chi connectivity index (χ1v) is 6.31. The largest absolute Gasteiger partial charge is 0.496 e. The second-order valence-corrected chi connectivity index (χ2v) is 5.75. The molecule has 0 bridgehead atoms. The Morgan fingerprint density at radius 2 is 2.11 bits per heavy atom. The molecule has 0 unspecified atom stereocenters. The van der Waals surface area contributed by atoms with Gasteiger partial charge >= 0.3 is 0 Å². The van der Waals surface area contributed by atoms with Crippen LogP contribution in [0.25, 0.3) is 0 Å². The highest BCUT2D eigenvalue weighted by Crippen LogP contribution is 2.44. The van der Waals surface area contributed by atoms with E-state index in [2.05, 4.69) is 32.7 Å². The van der Waals surface area contributed by atoms with Crippen molar-refractivity contribution in [2.75, 3.05) is 19.1 Å². The molecule has 18 heavy (non-hydrogen) atoms. The van der Waals surface area contributed by atoms with Crippen LogP contribution in [0.2, 0.25) is 0 Å². The molecule has 1 heterocycles. The second-order valence-electron chi connectivity index (χ2n) is 5.75. The summed E-state index contributed by atoms with van der Waals surface area (Å²) in [6, 6.07) is 3.95. The van der Waals surface area contributed by atoms with Crippen molar-refractivity contribution in [1.29, 1.82) is 0 Å². The molecular weight excluding hydrogens is 226 g/mol. The van der Waals surface area contributed by atoms with E-state index in [-0.39, 0.29) is 5.54 Å². The van der Waals surface area contributed by atoms with Crippen LogP contribution in [0, 0.1) is 0 Å². The summed E-state index contributed by atoms with van der Waals surface area (Å²) in [5.41, 5.74) is 3.16. The first-order valence-electron chi connectivity index (χ1n) is 6.31. The summed E-state index contributed by atoms with van der Waals surface area (Å²) in [4.78, 5) is 13.4. The van der Waals surface area contributed by atoms with Gasteiger partial charge in [-0.2, -0.15) is 0 Å². The van der Waals surface area contributed by atoms with E-state index in [0.717, 1.165) is 12.7 Å². The number of hydrogen-bond donors (Lipinski definition) is 0. The van der Waals surface area contributed by atoms with Gasteiger partial charge in [0, 0.05) is 24.3 Å². The molecule has 98 valence electrons. The first kappa shape index (κ1) is 12.9. The summed E-state index contributed by atoms with van der Waals surface area (Å²) in [5, 5.41) is 0. The fourth-order valence-corrected chi connectivity index (χ4v) is 2.88. The molecule has 0 saturated carbocycles. The lowest BCUT2D eigenvalue weighted by Gasteiger charge is -2.45. The van der Waals surface area contributed by atoms with Crippen molar-refractivity contribution in [1.82, 2.24) is 0 Å². The van der Waals surface area contributed by atoms with Crippen LogP contribution in [0.3, 0.4) is 0 Å². The molecule has 0 aliphatic carbocycles. The van der Waals surface area contributed by atoms with E-state index in [1.54, 1.807) is 7.11 Å². The summed E-state index contributed by atoms with van der Waals surface area (Å²) in [5.74, 6) is 1.11. The maximum atomic E-state index is 11.1. The number of benzene rings is 1. The number of anilines is 1. The van der Waals surface area contributed by atoms with Gasteiger partial charge in [-0.1, -0.05) is 6.92 Å². The predicted molar refractivity (Wildman–Crippen MR) is 73.9 cm³/mol. The Balaban J connectivity index is 2.62. The van der Waals surface area contributed by atoms with Crippen LogP contribution < -0.4 is 9.64 Å². The highest BCUT2D eigenvalue weighted by molar-refractivity contribution is 5.82. The summed E-state index contributed by atoms with van der Waals surface area (Å²) >= 11 is 0. The van der Waals surface area contributed by atoms with Crippen LogP contribution >= 0.6 is 0 Å². The molecule has 0 spiro atoms. The molecule has 1 aliphatic rings. The number of rotatable bonds is 2. The molecular formula is C15H21NO2. The Labute approximate surface area is 109 Å². The summed E-state index contributed by atoms with van der Waals surface area (Å²) in [6.07, 6.45) is 1.95. The van der Waals surface area contributed by atoms with Gasteiger partial charge in [0.1, 0.15) is 5.75 Å². The molecule has 2 rings (SSSR count). The van der Waals surface area contributed by atoms with Gasteiger partial charge in [-0.25, -0.2) is 0 Å². The number of carbonyl (C=O) groups excluding carboxylic acids is 1. The highest BCUT2D eigenvalue weighted by atomic mass is 16.5. The molecule has 0 N–H and O–H groups in total. The average Bonchev–Trinajstić information content (AvgIpc) is 2.34. The van der Waals surface area contributed by atoms with Gasteiger partial charge < -0.3 is 9.64 Å². The van der Waals surface area contributed by atoms with Gasteiger partial charge in [-0.3, -0.25) is 4.79 Å². The van der Waals surface area contributed by atoms with Gasteiger partial charge in [0.25, 0.3) is 0 Å². The minimum atomic E-state index is 0.125. The number of hydrogen-bond acceptors (Lipinski definition) is 3. The molecule has 1 aromatic carbocycles. The summed E-state index contributed by atoms with van der Waals surface area (Å²) in [7, 11) is 3.71.